The van der Waals surface area contributed by atoms with Crippen LogP contribution >= 0.6 is 0 Å². The predicted molar refractivity (Wildman–Crippen MR) is 107 cm³/mol. The summed E-state index contributed by atoms with van der Waals surface area (Å²) >= 11 is 0. The molecule has 1 aromatic carbocycles. The van der Waals surface area contributed by atoms with E-state index in [4.69, 9.17) is 0 Å². The third-order valence-corrected chi connectivity index (χ3v) is 4.95. The Morgan fingerprint density at radius 2 is 1.76 bits per heavy atom. The maximum absolute atomic E-state index is 4.30. The van der Waals surface area contributed by atoms with E-state index in [-0.39, 0.29) is 0 Å². The molecule has 1 heterocycles. The minimum absolute atomic E-state index is 0.566. The van der Waals surface area contributed by atoms with Gasteiger partial charge in [-0.25, -0.2) is 0 Å². The maximum Gasteiger partial charge on any atom is 0.191 e. The lowest BCUT2D eigenvalue weighted by Gasteiger charge is -2.21. The molecule has 2 N–H and O–H groups in total. The number of benzene rings is 1. The van der Waals surface area contributed by atoms with Gasteiger partial charge in [0, 0.05) is 39.3 Å². The van der Waals surface area contributed by atoms with Crippen molar-refractivity contribution in [2.75, 3.05) is 40.3 Å². The molecule has 1 saturated heterocycles. The van der Waals surface area contributed by atoms with E-state index in [1.807, 2.05) is 7.05 Å². The molecule has 2 rings (SSSR count). The van der Waals surface area contributed by atoms with Crippen LogP contribution in [0.2, 0.25) is 0 Å². The lowest BCUT2D eigenvalue weighted by Crippen LogP contribution is -2.41. The van der Waals surface area contributed by atoms with Crippen LogP contribution in [0.4, 0.5) is 0 Å². The van der Waals surface area contributed by atoms with Gasteiger partial charge in [-0.2, -0.15) is 0 Å². The van der Waals surface area contributed by atoms with Gasteiger partial charge in [-0.05, 0) is 58.0 Å². The van der Waals surface area contributed by atoms with Crippen LogP contribution in [0.3, 0.4) is 0 Å². The number of rotatable bonds is 8. The smallest absolute Gasteiger partial charge is 0.191 e. The van der Waals surface area contributed by atoms with Crippen molar-refractivity contribution in [3.63, 3.8) is 0 Å². The molecule has 5 nitrogen and oxygen atoms in total. The Bertz CT molecular complexity index is 517. The number of guanidine groups is 1. The van der Waals surface area contributed by atoms with Crippen LogP contribution in [0.15, 0.2) is 29.3 Å². The molecule has 0 unspecified atom stereocenters. The van der Waals surface area contributed by atoms with Crippen molar-refractivity contribution in [2.24, 2.45) is 4.99 Å². The van der Waals surface area contributed by atoms with Crippen molar-refractivity contribution in [3.05, 3.63) is 35.4 Å². The molecule has 0 radical (unpaired) electrons. The zero-order chi connectivity index (χ0) is 18.1. The zero-order valence-corrected chi connectivity index (χ0v) is 16.4. The number of aliphatic imine (C=N–C) groups is 1. The molecule has 0 aromatic heterocycles. The highest BCUT2D eigenvalue weighted by Crippen LogP contribution is 2.13. The summed E-state index contributed by atoms with van der Waals surface area (Å²) in [5, 5.41) is 6.77. The Balaban J connectivity index is 1.71. The minimum Gasteiger partial charge on any atom is -0.355 e. The van der Waals surface area contributed by atoms with Gasteiger partial charge in [-0.15, -0.1) is 0 Å². The number of likely N-dealkylation sites (N-methyl/N-ethyl adjacent to an activating group) is 1. The second-order valence-electron chi connectivity index (χ2n) is 7.23. The van der Waals surface area contributed by atoms with Crippen LogP contribution in [-0.4, -0.2) is 62.1 Å². The Morgan fingerprint density at radius 3 is 2.36 bits per heavy atom. The van der Waals surface area contributed by atoms with Crippen LogP contribution < -0.4 is 10.6 Å². The molecule has 0 aliphatic carbocycles. The third-order valence-electron chi connectivity index (χ3n) is 4.95. The van der Waals surface area contributed by atoms with Crippen molar-refractivity contribution in [1.29, 1.82) is 0 Å². The molecule has 1 fully saturated rings. The van der Waals surface area contributed by atoms with Gasteiger partial charge in [0.2, 0.25) is 0 Å². The van der Waals surface area contributed by atoms with Gasteiger partial charge < -0.3 is 15.5 Å². The quantitative estimate of drug-likeness (QED) is 0.560. The highest BCUT2D eigenvalue weighted by Gasteiger charge is 2.11. The zero-order valence-electron chi connectivity index (χ0n) is 16.4. The van der Waals surface area contributed by atoms with E-state index >= 15 is 0 Å². The molecule has 0 atom stereocenters. The van der Waals surface area contributed by atoms with Gasteiger partial charge in [0.05, 0.1) is 0 Å². The fourth-order valence-electron chi connectivity index (χ4n) is 2.98. The fourth-order valence-corrected chi connectivity index (χ4v) is 2.98. The topological polar surface area (TPSA) is 42.9 Å². The van der Waals surface area contributed by atoms with E-state index in [1.165, 1.54) is 37.1 Å². The summed E-state index contributed by atoms with van der Waals surface area (Å²) in [6.07, 6.45) is 2.70. The van der Waals surface area contributed by atoms with E-state index in [1.54, 1.807) is 0 Å². The average Bonchev–Trinajstić information content (AvgIpc) is 3.12. The SMILES string of the molecule is CN=C(NCCN(C)C(C)C)NCc1ccc(CN2CCCC2)cc1. The first-order valence-electron chi connectivity index (χ1n) is 9.53. The average molecular weight is 346 g/mol. The van der Waals surface area contributed by atoms with Crippen LogP contribution in [0.25, 0.3) is 0 Å². The molecule has 1 aromatic rings. The standard InChI is InChI=1S/C20H35N5/c1-17(2)24(4)14-11-22-20(21-3)23-15-18-7-9-19(10-8-18)16-25-12-5-6-13-25/h7-10,17H,5-6,11-16H2,1-4H3,(H2,21,22,23). The molecule has 25 heavy (non-hydrogen) atoms. The predicted octanol–water partition coefficient (Wildman–Crippen LogP) is 2.29. The molecule has 1 aliphatic heterocycles. The first-order chi connectivity index (χ1) is 12.1. The van der Waals surface area contributed by atoms with Crippen molar-refractivity contribution in [3.8, 4) is 0 Å². The number of hydrogen-bond donors (Lipinski definition) is 2. The van der Waals surface area contributed by atoms with Crippen LogP contribution in [0.5, 0.6) is 0 Å². The molecule has 1 aliphatic rings. The minimum atomic E-state index is 0.566. The summed E-state index contributed by atoms with van der Waals surface area (Å²) in [6.45, 7) is 10.7. The summed E-state index contributed by atoms with van der Waals surface area (Å²) in [5.74, 6) is 0.860. The normalized spacial score (nSPS) is 16.0. The Kier molecular flexibility index (Phi) is 8.22. The summed E-state index contributed by atoms with van der Waals surface area (Å²) in [7, 11) is 3.97. The highest BCUT2D eigenvalue weighted by molar-refractivity contribution is 5.79. The monoisotopic (exact) mass is 345 g/mol. The van der Waals surface area contributed by atoms with E-state index in [9.17, 15) is 0 Å². The molecule has 0 bridgehead atoms. The second kappa shape index (κ2) is 10.4. The lowest BCUT2D eigenvalue weighted by atomic mass is 10.1. The van der Waals surface area contributed by atoms with Crippen molar-refractivity contribution < 1.29 is 0 Å². The molecule has 0 amide bonds. The number of hydrogen-bond acceptors (Lipinski definition) is 3. The molecule has 5 heteroatoms. The van der Waals surface area contributed by atoms with Gasteiger partial charge in [0.25, 0.3) is 0 Å². The largest absolute Gasteiger partial charge is 0.355 e. The number of nitrogens with one attached hydrogen (secondary N) is 2. The Labute approximate surface area is 153 Å². The summed E-state index contributed by atoms with van der Waals surface area (Å²) in [4.78, 5) is 9.15. The van der Waals surface area contributed by atoms with Gasteiger partial charge >= 0.3 is 0 Å². The van der Waals surface area contributed by atoms with E-state index in [0.717, 1.165) is 32.1 Å². The third kappa shape index (κ3) is 7.04. The maximum atomic E-state index is 4.30. The first-order valence-corrected chi connectivity index (χ1v) is 9.53. The van der Waals surface area contributed by atoms with Crippen LogP contribution in [0, 0.1) is 0 Å². The fraction of sp³-hybridized carbons (Fsp3) is 0.650. The summed E-state index contributed by atoms with van der Waals surface area (Å²) < 4.78 is 0. The van der Waals surface area contributed by atoms with Crippen LogP contribution in [-0.2, 0) is 13.1 Å². The molecular formula is C20H35N5. The number of nitrogens with zero attached hydrogens (tertiary/aromatic N) is 3. The van der Waals surface area contributed by atoms with Gasteiger partial charge in [-0.1, -0.05) is 24.3 Å². The molecular weight excluding hydrogens is 310 g/mol. The van der Waals surface area contributed by atoms with E-state index < -0.39 is 0 Å². The summed E-state index contributed by atoms with van der Waals surface area (Å²) in [5.41, 5.74) is 2.69. The van der Waals surface area contributed by atoms with Crippen molar-refractivity contribution >= 4 is 5.96 Å². The van der Waals surface area contributed by atoms with Gasteiger partial charge in [-0.3, -0.25) is 9.89 Å². The number of likely N-dealkylation sites (tertiary alicyclic amines) is 1. The van der Waals surface area contributed by atoms with Gasteiger partial charge in [0.15, 0.2) is 5.96 Å². The molecule has 0 spiro atoms. The van der Waals surface area contributed by atoms with Crippen molar-refractivity contribution in [1.82, 2.24) is 20.4 Å². The summed E-state index contributed by atoms with van der Waals surface area (Å²) in [6, 6.07) is 9.51. The molecule has 0 saturated carbocycles. The van der Waals surface area contributed by atoms with E-state index in [0.29, 0.717) is 6.04 Å². The lowest BCUT2D eigenvalue weighted by molar-refractivity contribution is 0.278. The van der Waals surface area contributed by atoms with Gasteiger partial charge in [0.1, 0.15) is 0 Å². The molecule has 140 valence electrons. The Morgan fingerprint density at radius 1 is 1.12 bits per heavy atom. The van der Waals surface area contributed by atoms with E-state index in [2.05, 4.69) is 70.6 Å². The van der Waals surface area contributed by atoms with Crippen molar-refractivity contribution in [2.45, 2.75) is 45.8 Å². The van der Waals surface area contributed by atoms with Crippen LogP contribution in [0.1, 0.15) is 37.8 Å². The second-order valence-corrected chi connectivity index (χ2v) is 7.23. The highest BCUT2D eigenvalue weighted by atomic mass is 15.2. The Hall–Kier alpha value is -1.59. The first kappa shape index (κ1) is 19.7.